The van der Waals surface area contributed by atoms with Crippen LogP contribution in [0.5, 0.6) is 5.75 Å². The lowest BCUT2D eigenvalue weighted by Crippen LogP contribution is -2.30. The zero-order valence-corrected chi connectivity index (χ0v) is 13.0. The van der Waals surface area contributed by atoms with E-state index in [-0.39, 0.29) is 12.1 Å². The smallest absolute Gasteiger partial charge is 0.121 e. The lowest BCUT2D eigenvalue weighted by Gasteiger charge is -2.23. The van der Waals surface area contributed by atoms with Gasteiger partial charge in [-0.15, -0.1) is 11.3 Å². The molecule has 0 fully saturated rings. The van der Waals surface area contributed by atoms with Crippen LogP contribution in [0.25, 0.3) is 0 Å². The standard InChI is InChI=1S/C14H15Cl2NOS/c1-9(18-11-5-3-4-10(15)8-11)14(17-2)12-6-7-13(16)19-12/h3-9,14,17H,1-2H3. The highest BCUT2D eigenvalue weighted by atomic mass is 35.5. The van der Waals surface area contributed by atoms with Gasteiger partial charge in [0.15, 0.2) is 0 Å². The number of halogens is 2. The highest BCUT2D eigenvalue weighted by Gasteiger charge is 2.21. The molecule has 1 aromatic heterocycles. The Morgan fingerprint density at radius 3 is 2.58 bits per heavy atom. The summed E-state index contributed by atoms with van der Waals surface area (Å²) in [7, 11) is 1.91. The molecule has 1 N–H and O–H groups in total. The van der Waals surface area contributed by atoms with E-state index in [0.29, 0.717) is 5.02 Å². The number of benzene rings is 1. The first-order valence-electron chi connectivity index (χ1n) is 5.95. The van der Waals surface area contributed by atoms with E-state index in [2.05, 4.69) is 5.32 Å². The summed E-state index contributed by atoms with van der Waals surface area (Å²) in [6.07, 6.45) is -0.0295. The predicted octanol–water partition coefficient (Wildman–Crippen LogP) is 4.78. The van der Waals surface area contributed by atoms with Crippen molar-refractivity contribution < 1.29 is 4.74 Å². The monoisotopic (exact) mass is 315 g/mol. The molecule has 1 aromatic carbocycles. The first-order chi connectivity index (χ1) is 9.10. The molecule has 0 aliphatic rings. The Bertz CT molecular complexity index is 544. The van der Waals surface area contributed by atoms with E-state index in [4.69, 9.17) is 27.9 Å². The first kappa shape index (κ1) is 14.7. The summed E-state index contributed by atoms with van der Waals surface area (Å²) in [6, 6.07) is 11.4. The Morgan fingerprint density at radius 2 is 2.00 bits per heavy atom. The number of nitrogens with one attached hydrogen (secondary N) is 1. The summed E-state index contributed by atoms with van der Waals surface area (Å²) in [5.41, 5.74) is 0. The van der Waals surface area contributed by atoms with Crippen LogP contribution in [-0.2, 0) is 0 Å². The first-order valence-corrected chi connectivity index (χ1v) is 7.52. The lowest BCUT2D eigenvalue weighted by molar-refractivity contribution is 0.177. The maximum absolute atomic E-state index is 5.98. The number of rotatable bonds is 5. The minimum Gasteiger partial charge on any atom is -0.489 e. The van der Waals surface area contributed by atoms with Crippen molar-refractivity contribution in [1.82, 2.24) is 5.32 Å². The van der Waals surface area contributed by atoms with Crippen molar-refractivity contribution in [2.24, 2.45) is 0 Å². The summed E-state index contributed by atoms with van der Waals surface area (Å²) in [5.74, 6) is 0.767. The fourth-order valence-electron chi connectivity index (χ4n) is 1.93. The Balaban J connectivity index is 2.11. The van der Waals surface area contributed by atoms with Crippen molar-refractivity contribution in [1.29, 1.82) is 0 Å². The molecule has 2 atom stereocenters. The average molecular weight is 316 g/mol. The Labute approximate surface area is 127 Å². The summed E-state index contributed by atoms with van der Waals surface area (Å²) >= 11 is 13.5. The molecule has 0 saturated heterocycles. The quantitative estimate of drug-likeness (QED) is 0.857. The van der Waals surface area contributed by atoms with E-state index >= 15 is 0 Å². The van der Waals surface area contributed by atoms with Gasteiger partial charge in [-0.3, -0.25) is 0 Å². The van der Waals surface area contributed by atoms with Crippen LogP contribution in [0.1, 0.15) is 17.8 Å². The Kier molecular flexibility index (Phi) is 5.11. The zero-order valence-electron chi connectivity index (χ0n) is 10.7. The molecule has 0 aliphatic heterocycles. The van der Waals surface area contributed by atoms with Crippen molar-refractivity contribution in [2.45, 2.75) is 19.1 Å². The van der Waals surface area contributed by atoms with Crippen LogP contribution in [0.2, 0.25) is 9.36 Å². The van der Waals surface area contributed by atoms with Crippen LogP contribution < -0.4 is 10.1 Å². The third kappa shape index (κ3) is 3.86. The maximum atomic E-state index is 5.98. The SMILES string of the molecule is CNC(c1ccc(Cl)s1)C(C)Oc1cccc(Cl)c1. The van der Waals surface area contributed by atoms with Crippen molar-refractivity contribution in [3.8, 4) is 5.75 Å². The largest absolute Gasteiger partial charge is 0.489 e. The van der Waals surface area contributed by atoms with Gasteiger partial charge in [0, 0.05) is 9.90 Å². The number of ether oxygens (including phenoxy) is 1. The van der Waals surface area contributed by atoms with E-state index in [9.17, 15) is 0 Å². The molecule has 19 heavy (non-hydrogen) atoms. The van der Waals surface area contributed by atoms with Crippen molar-refractivity contribution in [3.63, 3.8) is 0 Å². The molecule has 0 saturated carbocycles. The third-order valence-corrected chi connectivity index (χ3v) is 4.35. The molecular weight excluding hydrogens is 301 g/mol. The van der Waals surface area contributed by atoms with E-state index < -0.39 is 0 Å². The van der Waals surface area contributed by atoms with Crippen LogP contribution >= 0.6 is 34.5 Å². The van der Waals surface area contributed by atoms with Crippen molar-refractivity contribution in [3.05, 3.63) is 50.6 Å². The summed E-state index contributed by atoms with van der Waals surface area (Å²) in [4.78, 5) is 1.15. The van der Waals surface area contributed by atoms with Gasteiger partial charge >= 0.3 is 0 Å². The van der Waals surface area contributed by atoms with E-state index in [1.54, 1.807) is 11.3 Å². The summed E-state index contributed by atoms with van der Waals surface area (Å²) < 4.78 is 6.71. The van der Waals surface area contributed by atoms with Gasteiger partial charge in [0.25, 0.3) is 0 Å². The van der Waals surface area contributed by atoms with Gasteiger partial charge in [0.2, 0.25) is 0 Å². The van der Waals surface area contributed by atoms with Crippen molar-refractivity contribution >= 4 is 34.5 Å². The molecule has 1 heterocycles. The molecule has 102 valence electrons. The molecule has 2 nitrogen and oxygen atoms in total. The second kappa shape index (κ2) is 6.62. The number of likely N-dealkylation sites (N-methyl/N-ethyl adjacent to an activating group) is 1. The van der Waals surface area contributed by atoms with E-state index in [1.807, 2.05) is 50.4 Å². The maximum Gasteiger partial charge on any atom is 0.121 e. The highest BCUT2D eigenvalue weighted by molar-refractivity contribution is 7.16. The fraction of sp³-hybridized carbons (Fsp3) is 0.286. The van der Waals surface area contributed by atoms with Gasteiger partial charge in [-0.1, -0.05) is 29.3 Å². The van der Waals surface area contributed by atoms with Gasteiger partial charge in [0.05, 0.1) is 10.4 Å². The molecule has 0 radical (unpaired) electrons. The molecular formula is C14H15Cl2NOS. The molecule has 2 aromatic rings. The molecule has 0 spiro atoms. The molecule has 0 amide bonds. The fourth-order valence-corrected chi connectivity index (χ4v) is 3.37. The topological polar surface area (TPSA) is 21.3 Å². The highest BCUT2D eigenvalue weighted by Crippen LogP contribution is 2.30. The van der Waals surface area contributed by atoms with Crippen LogP contribution in [0.4, 0.5) is 0 Å². The van der Waals surface area contributed by atoms with Gasteiger partial charge < -0.3 is 10.1 Å². The molecule has 2 unspecified atom stereocenters. The van der Waals surface area contributed by atoms with Gasteiger partial charge in [-0.2, -0.15) is 0 Å². The van der Waals surface area contributed by atoms with Crippen LogP contribution in [0.3, 0.4) is 0 Å². The summed E-state index contributed by atoms with van der Waals surface area (Å²) in [5, 5.41) is 3.93. The third-order valence-electron chi connectivity index (χ3n) is 2.80. The van der Waals surface area contributed by atoms with Gasteiger partial charge in [0.1, 0.15) is 11.9 Å². The van der Waals surface area contributed by atoms with Crippen LogP contribution in [0.15, 0.2) is 36.4 Å². The minimum absolute atomic E-state index is 0.0295. The van der Waals surface area contributed by atoms with E-state index in [1.165, 1.54) is 0 Å². The molecule has 0 bridgehead atoms. The summed E-state index contributed by atoms with van der Waals surface area (Å²) in [6.45, 7) is 2.02. The average Bonchev–Trinajstić information content (AvgIpc) is 2.76. The number of hydrogen-bond donors (Lipinski definition) is 1. The van der Waals surface area contributed by atoms with Crippen LogP contribution in [0, 0.1) is 0 Å². The zero-order chi connectivity index (χ0) is 13.8. The Hall–Kier alpha value is -0.740. The van der Waals surface area contributed by atoms with Crippen molar-refractivity contribution in [2.75, 3.05) is 7.05 Å². The number of thiophene rings is 1. The van der Waals surface area contributed by atoms with Gasteiger partial charge in [-0.05, 0) is 44.3 Å². The molecule has 5 heteroatoms. The Morgan fingerprint density at radius 1 is 1.21 bits per heavy atom. The second-order valence-electron chi connectivity index (χ2n) is 4.19. The predicted molar refractivity (Wildman–Crippen MR) is 82.7 cm³/mol. The van der Waals surface area contributed by atoms with Crippen LogP contribution in [-0.4, -0.2) is 13.2 Å². The second-order valence-corrected chi connectivity index (χ2v) is 6.37. The van der Waals surface area contributed by atoms with Gasteiger partial charge in [-0.25, -0.2) is 0 Å². The minimum atomic E-state index is -0.0295. The van der Waals surface area contributed by atoms with E-state index in [0.717, 1.165) is 15.0 Å². The molecule has 0 aliphatic carbocycles. The molecule has 2 rings (SSSR count). The lowest BCUT2D eigenvalue weighted by atomic mass is 10.1. The number of hydrogen-bond acceptors (Lipinski definition) is 3. The normalized spacial score (nSPS) is 14.1.